The zero-order valence-corrected chi connectivity index (χ0v) is 22.5. The molecule has 2 unspecified atom stereocenters. The van der Waals surface area contributed by atoms with Crippen molar-refractivity contribution >= 4 is 36.8 Å². The summed E-state index contributed by atoms with van der Waals surface area (Å²) in [5.41, 5.74) is -1.24. The van der Waals surface area contributed by atoms with E-state index in [-0.39, 0.29) is 24.5 Å². The summed E-state index contributed by atoms with van der Waals surface area (Å²) in [7, 11) is -0.164. The van der Waals surface area contributed by atoms with E-state index >= 15 is 0 Å². The lowest BCUT2D eigenvalue weighted by molar-refractivity contribution is -0.164. The molecule has 3 amide bonds. The number of benzene rings is 1. The quantitative estimate of drug-likeness (QED) is 0.266. The molecule has 1 aromatic heterocycles. The maximum Gasteiger partial charge on any atom is 0.552 e. The molecule has 1 aliphatic heterocycles. The molecule has 2 heterocycles. The number of aliphatic carboxylic acids is 1. The van der Waals surface area contributed by atoms with Gasteiger partial charge in [0.15, 0.2) is 5.60 Å². The number of aromatic nitrogens is 2. The van der Waals surface area contributed by atoms with Crippen LogP contribution in [0.2, 0.25) is 0 Å². The molecule has 4 N–H and O–H groups in total. The average Bonchev–Trinajstić information content (AvgIpc) is 2.91. The minimum atomic E-state index is -2.02. The summed E-state index contributed by atoms with van der Waals surface area (Å²) in [5, 5.41) is 17.3. The maximum absolute atomic E-state index is 13.6. The third-order valence-electron chi connectivity index (χ3n) is 6.18. The second-order valence-corrected chi connectivity index (χ2v) is 9.85. The van der Waals surface area contributed by atoms with Crippen LogP contribution < -0.4 is 16.0 Å². The van der Waals surface area contributed by atoms with Crippen LogP contribution >= 0.6 is 0 Å². The predicted octanol–water partition coefficient (Wildman–Crippen LogP) is 0.299. The van der Waals surface area contributed by atoms with Gasteiger partial charge in [-0.2, -0.15) is 0 Å². The van der Waals surface area contributed by atoms with Gasteiger partial charge in [-0.3, -0.25) is 29.0 Å². The third-order valence-corrected chi connectivity index (χ3v) is 6.18. The fourth-order valence-electron chi connectivity index (χ4n) is 4.38. The molecule has 2 aromatic rings. The van der Waals surface area contributed by atoms with Crippen LogP contribution in [0.15, 0.2) is 48.9 Å². The largest absolute Gasteiger partial charge is 0.552 e. The van der Waals surface area contributed by atoms with Crippen LogP contribution in [-0.2, 0) is 34.9 Å². The van der Waals surface area contributed by atoms with Crippen LogP contribution in [0.4, 0.5) is 0 Å². The van der Waals surface area contributed by atoms with E-state index in [9.17, 15) is 29.1 Å². The Morgan fingerprint density at radius 2 is 1.85 bits per heavy atom. The first-order valence-electron chi connectivity index (χ1n) is 12.8. The standard InChI is InChI=1S/C26H32BN5O8/c1-16(2)11-20(27-39-22(35)14-26(40-27,13-21(33)34)25(38)28-3)32-23(36)18(12-17-7-5-4-6-8-17)31-24(37)19-15-29-9-10-30-19/h4-10,15-16,18,20H,11-14H2,1-3H3,(H,28,38)(H,31,37)(H,32,36)(H,33,34)/t18?,20-,26?/m0/s1. The van der Waals surface area contributed by atoms with Gasteiger partial charge in [0.25, 0.3) is 17.8 Å². The molecule has 1 saturated heterocycles. The van der Waals surface area contributed by atoms with Crippen LogP contribution in [0.3, 0.4) is 0 Å². The van der Waals surface area contributed by atoms with Crippen molar-refractivity contribution in [2.75, 3.05) is 7.05 Å². The lowest BCUT2D eigenvalue weighted by Gasteiger charge is -2.39. The first-order chi connectivity index (χ1) is 19.0. The summed E-state index contributed by atoms with van der Waals surface area (Å²) in [6.07, 6.45) is 3.01. The number of hydrogen-bond donors (Lipinski definition) is 4. The number of carboxylic acids is 1. The van der Waals surface area contributed by atoms with Crippen molar-refractivity contribution in [2.45, 2.75) is 57.1 Å². The molecule has 0 aliphatic carbocycles. The minimum absolute atomic E-state index is 0.0145. The number of amides is 3. The van der Waals surface area contributed by atoms with Crippen LogP contribution in [-0.4, -0.2) is 76.5 Å². The number of carboxylic acid groups (broad SMARTS) is 1. The fraction of sp³-hybridized carbons (Fsp3) is 0.423. The van der Waals surface area contributed by atoms with Crippen molar-refractivity contribution in [1.29, 1.82) is 0 Å². The van der Waals surface area contributed by atoms with Crippen LogP contribution in [0.1, 0.15) is 49.2 Å². The average molecular weight is 553 g/mol. The molecule has 0 radical (unpaired) electrons. The van der Waals surface area contributed by atoms with Crippen molar-refractivity contribution in [1.82, 2.24) is 25.9 Å². The summed E-state index contributed by atoms with van der Waals surface area (Å²) in [5.74, 6) is -5.24. The van der Waals surface area contributed by atoms with Gasteiger partial charge in [-0.1, -0.05) is 44.2 Å². The Morgan fingerprint density at radius 1 is 1.12 bits per heavy atom. The van der Waals surface area contributed by atoms with Gasteiger partial charge in [-0.05, 0) is 17.9 Å². The molecule has 14 heteroatoms. The van der Waals surface area contributed by atoms with Crippen molar-refractivity contribution in [3.8, 4) is 0 Å². The summed E-state index contributed by atoms with van der Waals surface area (Å²) < 4.78 is 11.2. The minimum Gasteiger partial charge on any atom is -0.508 e. The Hall–Kier alpha value is -4.33. The van der Waals surface area contributed by atoms with Crippen LogP contribution in [0.5, 0.6) is 0 Å². The van der Waals surface area contributed by atoms with Crippen LogP contribution in [0.25, 0.3) is 0 Å². The molecule has 3 rings (SSSR count). The Kier molecular flexibility index (Phi) is 10.3. The lowest BCUT2D eigenvalue weighted by Crippen LogP contribution is -2.64. The highest BCUT2D eigenvalue weighted by Crippen LogP contribution is 2.30. The van der Waals surface area contributed by atoms with E-state index < -0.39 is 67.2 Å². The van der Waals surface area contributed by atoms with Gasteiger partial charge in [-0.25, -0.2) is 4.98 Å². The molecular formula is C26H32BN5O8. The highest BCUT2D eigenvalue weighted by molar-refractivity contribution is 6.50. The van der Waals surface area contributed by atoms with Gasteiger partial charge in [0.05, 0.1) is 25.0 Å². The highest BCUT2D eigenvalue weighted by atomic mass is 16.6. The van der Waals surface area contributed by atoms with Crippen molar-refractivity contribution in [3.05, 3.63) is 60.2 Å². The molecule has 212 valence electrons. The van der Waals surface area contributed by atoms with E-state index in [4.69, 9.17) is 9.31 Å². The zero-order valence-electron chi connectivity index (χ0n) is 22.5. The first kappa shape index (κ1) is 30.2. The predicted molar refractivity (Wildman–Crippen MR) is 141 cm³/mol. The molecule has 40 heavy (non-hydrogen) atoms. The Morgan fingerprint density at radius 3 is 2.45 bits per heavy atom. The second kappa shape index (κ2) is 13.6. The first-order valence-corrected chi connectivity index (χ1v) is 12.8. The summed E-state index contributed by atoms with van der Waals surface area (Å²) in [6, 6.07) is 7.94. The van der Waals surface area contributed by atoms with E-state index in [0.29, 0.717) is 0 Å². The van der Waals surface area contributed by atoms with Gasteiger partial charge in [0.1, 0.15) is 11.7 Å². The van der Waals surface area contributed by atoms with Crippen molar-refractivity contribution < 1.29 is 38.4 Å². The van der Waals surface area contributed by atoms with E-state index in [1.807, 2.05) is 19.9 Å². The molecule has 1 aromatic carbocycles. The topological polar surface area (TPSA) is 186 Å². The number of carbonyl (C=O) groups excluding carboxylic acids is 4. The lowest BCUT2D eigenvalue weighted by atomic mass is 9.70. The van der Waals surface area contributed by atoms with Gasteiger partial charge in [0.2, 0.25) is 5.91 Å². The number of nitrogens with zero attached hydrogens (tertiary/aromatic N) is 2. The van der Waals surface area contributed by atoms with Crippen LogP contribution in [0, 0.1) is 5.92 Å². The Bertz CT molecular complexity index is 1210. The number of nitrogens with one attached hydrogen (secondary N) is 3. The second-order valence-electron chi connectivity index (χ2n) is 9.85. The number of carbonyl (C=O) groups is 5. The maximum atomic E-state index is 13.6. The molecule has 0 spiro atoms. The molecule has 1 fully saturated rings. The summed E-state index contributed by atoms with van der Waals surface area (Å²) in [4.78, 5) is 71.2. The summed E-state index contributed by atoms with van der Waals surface area (Å²) >= 11 is 0. The molecule has 1 aliphatic rings. The van der Waals surface area contributed by atoms with Gasteiger partial charge in [0, 0.05) is 25.9 Å². The SMILES string of the molecule is CNC(=O)C1(CC(=O)O)CC(=O)OB([C@H](CC(C)C)NC(=O)C(Cc2ccccc2)NC(=O)c2cnccn2)O1. The monoisotopic (exact) mass is 553 g/mol. The number of likely N-dealkylation sites (N-methyl/N-ethyl adjacent to an activating group) is 1. The van der Waals surface area contributed by atoms with Gasteiger partial charge >= 0.3 is 13.1 Å². The molecular weight excluding hydrogens is 521 g/mol. The molecule has 3 atom stereocenters. The normalized spacial score (nSPS) is 18.3. The van der Waals surface area contributed by atoms with E-state index in [1.165, 1.54) is 25.6 Å². The van der Waals surface area contributed by atoms with Crippen molar-refractivity contribution in [3.63, 3.8) is 0 Å². The fourth-order valence-corrected chi connectivity index (χ4v) is 4.38. The molecule has 13 nitrogen and oxygen atoms in total. The zero-order chi connectivity index (χ0) is 29.3. The molecule has 0 bridgehead atoms. The van der Waals surface area contributed by atoms with E-state index in [1.54, 1.807) is 24.3 Å². The smallest absolute Gasteiger partial charge is 0.508 e. The van der Waals surface area contributed by atoms with Crippen molar-refractivity contribution in [2.24, 2.45) is 5.92 Å². The molecule has 0 saturated carbocycles. The third kappa shape index (κ3) is 8.09. The van der Waals surface area contributed by atoms with Gasteiger partial charge < -0.3 is 30.4 Å². The Labute approximate surface area is 231 Å². The number of rotatable bonds is 12. The van der Waals surface area contributed by atoms with E-state index in [2.05, 4.69) is 25.9 Å². The highest BCUT2D eigenvalue weighted by Gasteiger charge is 2.54. The number of hydrogen-bond acceptors (Lipinski definition) is 9. The Balaban J connectivity index is 1.89. The summed E-state index contributed by atoms with van der Waals surface area (Å²) in [6.45, 7) is 3.73. The van der Waals surface area contributed by atoms with Gasteiger partial charge in [-0.15, -0.1) is 0 Å². The van der Waals surface area contributed by atoms with E-state index in [0.717, 1.165) is 5.56 Å².